The zero-order valence-electron chi connectivity index (χ0n) is 15.3. The summed E-state index contributed by atoms with van der Waals surface area (Å²) >= 11 is 0. The molecule has 3 atom stereocenters. The molecular weight excluding hydrogens is 360 g/mol. The third-order valence-electron chi connectivity index (χ3n) is 5.76. The van der Waals surface area contributed by atoms with Crippen LogP contribution in [0.1, 0.15) is 30.9 Å². The number of fused-ring (bicyclic) bond motifs is 3. The third kappa shape index (κ3) is 3.77. The summed E-state index contributed by atoms with van der Waals surface area (Å²) in [5, 5.41) is 2.84. The van der Waals surface area contributed by atoms with Crippen LogP contribution in [0.3, 0.4) is 0 Å². The van der Waals surface area contributed by atoms with E-state index in [1.54, 1.807) is 24.3 Å². The molecule has 6 heteroatoms. The van der Waals surface area contributed by atoms with Gasteiger partial charge in [0.2, 0.25) is 15.9 Å². The standard InChI is InChI=1S/C21H24N2O3S/c1-14(24)22-19-10-9-15-11-16-7-8-17(12-18(15)13-19)21(16)23-27(25,26)20-5-3-2-4-6-20/h2-6,9-10,13,16-17,21,23H,7-8,11-12H2,1H3,(H,22,24). The summed E-state index contributed by atoms with van der Waals surface area (Å²) in [6, 6.07) is 14.6. The van der Waals surface area contributed by atoms with Gasteiger partial charge >= 0.3 is 0 Å². The topological polar surface area (TPSA) is 75.3 Å². The molecule has 142 valence electrons. The summed E-state index contributed by atoms with van der Waals surface area (Å²) in [4.78, 5) is 11.7. The summed E-state index contributed by atoms with van der Waals surface area (Å²) in [5.74, 6) is 0.502. The van der Waals surface area contributed by atoms with E-state index in [0.717, 1.165) is 31.4 Å². The van der Waals surface area contributed by atoms with Crippen LogP contribution in [0.5, 0.6) is 0 Å². The van der Waals surface area contributed by atoms with Crippen LogP contribution in [0.4, 0.5) is 5.69 Å². The van der Waals surface area contributed by atoms with E-state index in [-0.39, 0.29) is 17.9 Å². The molecule has 0 aliphatic heterocycles. The molecule has 2 aliphatic rings. The van der Waals surface area contributed by atoms with Crippen molar-refractivity contribution in [2.75, 3.05) is 5.32 Å². The SMILES string of the molecule is CC(=O)Nc1ccc2c(c1)CC1CCC(C2)C1NS(=O)(=O)c1ccccc1. The highest BCUT2D eigenvalue weighted by molar-refractivity contribution is 7.89. The number of amides is 1. The molecular formula is C21H24N2O3S. The number of nitrogens with one attached hydrogen (secondary N) is 2. The van der Waals surface area contributed by atoms with E-state index in [0.29, 0.717) is 10.8 Å². The summed E-state index contributed by atoms with van der Waals surface area (Å²) in [7, 11) is -3.52. The van der Waals surface area contributed by atoms with E-state index < -0.39 is 10.0 Å². The van der Waals surface area contributed by atoms with E-state index in [1.807, 2.05) is 18.2 Å². The first-order valence-corrected chi connectivity index (χ1v) is 10.9. The number of benzene rings is 2. The lowest BCUT2D eigenvalue weighted by molar-refractivity contribution is -0.114. The lowest BCUT2D eigenvalue weighted by Gasteiger charge is -2.23. The zero-order valence-corrected chi connectivity index (χ0v) is 16.1. The normalized spacial score (nSPS) is 24.1. The van der Waals surface area contributed by atoms with Crippen LogP contribution in [-0.2, 0) is 27.7 Å². The van der Waals surface area contributed by atoms with Crippen LogP contribution in [0.25, 0.3) is 0 Å². The molecule has 2 aliphatic carbocycles. The van der Waals surface area contributed by atoms with Gasteiger partial charge in [-0.05, 0) is 72.9 Å². The monoisotopic (exact) mass is 384 g/mol. The summed E-state index contributed by atoms with van der Waals surface area (Å²) in [6.07, 6.45) is 3.77. The molecule has 1 fully saturated rings. The van der Waals surface area contributed by atoms with Crippen LogP contribution in [0.15, 0.2) is 53.4 Å². The van der Waals surface area contributed by atoms with Crippen molar-refractivity contribution in [2.24, 2.45) is 11.8 Å². The Morgan fingerprint density at radius 2 is 1.63 bits per heavy atom. The lowest BCUT2D eigenvalue weighted by Crippen LogP contribution is -2.41. The van der Waals surface area contributed by atoms with Crippen molar-refractivity contribution >= 4 is 21.6 Å². The molecule has 1 saturated carbocycles. The minimum atomic E-state index is -3.52. The number of rotatable bonds is 4. The van der Waals surface area contributed by atoms with Crippen molar-refractivity contribution in [1.29, 1.82) is 0 Å². The van der Waals surface area contributed by atoms with Gasteiger partial charge in [-0.1, -0.05) is 24.3 Å². The largest absolute Gasteiger partial charge is 0.326 e. The Morgan fingerprint density at radius 1 is 0.963 bits per heavy atom. The van der Waals surface area contributed by atoms with Gasteiger partial charge in [-0.15, -0.1) is 0 Å². The first-order valence-electron chi connectivity index (χ1n) is 9.39. The molecule has 0 spiro atoms. The smallest absolute Gasteiger partial charge is 0.240 e. The van der Waals surface area contributed by atoms with Crippen LogP contribution in [0, 0.1) is 11.8 Å². The average Bonchev–Trinajstić information content (AvgIpc) is 2.90. The van der Waals surface area contributed by atoms with Crippen molar-refractivity contribution in [3.63, 3.8) is 0 Å². The van der Waals surface area contributed by atoms with Crippen molar-refractivity contribution in [1.82, 2.24) is 4.72 Å². The number of hydrogen-bond acceptors (Lipinski definition) is 3. The summed E-state index contributed by atoms with van der Waals surface area (Å²) < 4.78 is 28.6. The minimum Gasteiger partial charge on any atom is -0.326 e. The molecule has 3 unspecified atom stereocenters. The number of carbonyl (C=O) groups excluding carboxylic acids is 1. The Kier molecular flexibility index (Phi) is 4.78. The van der Waals surface area contributed by atoms with Crippen LogP contribution in [-0.4, -0.2) is 20.4 Å². The van der Waals surface area contributed by atoms with E-state index in [9.17, 15) is 13.2 Å². The highest BCUT2D eigenvalue weighted by atomic mass is 32.2. The van der Waals surface area contributed by atoms with E-state index in [4.69, 9.17) is 0 Å². The Morgan fingerprint density at radius 3 is 2.30 bits per heavy atom. The molecule has 2 aromatic carbocycles. The second-order valence-electron chi connectivity index (χ2n) is 7.63. The predicted molar refractivity (Wildman–Crippen MR) is 105 cm³/mol. The average molecular weight is 385 g/mol. The van der Waals surface area contributed by atoms with Gasteiger partial charge in [-0.2, -0.15) is 0 Å². The molecule has 5 nitrogen and oxygen atoms in total. The van der Waals surface area contributed by atoms with Crippen molar-refractivity contribution in [3.8, 4) is 0 Å². The zero-order chi connectivity index (χ0) is 19.0. The van der Waals surface area contributed by atoms with Gasteiger partial charge < -0.3 is 5.32 Å². The van der Waals surface area contributed by atoms with E-state index >= 15 is 0 Å². The van der Waals surface area contributed by atoms with Gasteiger partial charge in [0.05, 0.1) is 4.90 Å². The first kappa shape index (κ1) is 18.2. The van der Waals surface area contributed by atoms with Crippen molar-refractivity contribution in [2.45, 2.75) is 43.5 Å². The third-order valence-corrected chi connectivity index (χ3v) is 7.23. The summed E-state index contributed by atoms with van der Waals surface area (Å²) in [6.45, 7) is 1.50. The molecule has 1 amide bonds. The van der Waals surface area contributed by atoms with Crippen molar-refractivity contribution < 1.29 is 13.2 Å². The van der Waals surface area contributed by atoms with E-state index in [1.165, 1.54) is 18.1 Å². The molecule has 0 aromatic heterocycles. The maximum Gasteiger partial charge on any atom is 0.240 e. The van der Waals surface area contributed by atoms with Gasteiger partial charge in [-0.25, -0.2) is 13.1 Å². The van der Waals surface area contributed by atoms with Gasteiger partial charge in [-0.3, -0.25) is 4.79 Å². The van der Waals surface area contributed by atoms with Crippen LogP contribution < -0.4 is 10.0 Å². The highest BCUT2D eigenvalue weighted by Gasteiger charge is 2.41. The van der Waals surface area contributed by atoms with E-state index in [2.05, 4.69) is 16.1 Å². The number of sulfonamides is 1. The van der Waals surface area contributed by atoms with Crippen LogP contribution in [0.2, 0.25) is 0 Å². The number of carbonyl (C=O) groups is 1. The fraction of sp³-hybridized carbons (Fsp3) is 0.381. The maximum absolute atomic E-state index is 12.8. The Hall–Kier alpha value is -2.18. The number of anilines is 1. The second-order valence-corrected chi connectivity index (χ2v) is 9.34. The Balaban J connectivity index is 1.58. The molecule has 2 N–H and O–H groups in total. The van der Waals surface area contributed by atoms with Gasteiger partial charge in [0.1, 0.15) is 0 Å². The second kappa shape index (κ2) is 7.09. The molecule has 4 rings (SSSR count). The highest BCUT2D eigenvalue weighted by Crippen LogP contribution is 2.41. The summed E-state index contributed by atoms with van der Waals surface area (Å²) in [5.41, 5.74) is 3.29. The minimum absolute atomic E-state index is 0.0492. The van der Waals surface area contributed by atoms with Gasteiger partial charge in [0, 0.05) is 18.7 Å². The molecule has 0 radical (unpaired) electrons. The molecule has 2 bridgehead atoms. The first-order chi connectivity index (χ1) is 12.9. The molecule has 2 aromatic rings. The Bertz CT molecular complexity index is 957. The fourth-order valence-electron chi connectivity index (χ4n) is 4.53. The predicted octanol–water partition coefficient (Wildman–Crippen LogP) is 3.12. The van der Waals surface area contributed by atoms with Crippen molar-refractivity contribution in [3.05, 3.63) is 59.7 Å². The Labute approximate surface area is 160 Å². The lowest BCUT2D eigenvalue weighted by atomic mass is 9.93. The quantitative estimate of drug-likeness (QED) is 0.850. The fourth-order valence-corrected chi connectivity index (χ4v) is 5.93. The molecule has 0 heterocycles. The molecule has 0 saturated heterocycles. The van der Waals surface area contributed by atoms with Gasteiger partial charge in [0.15, 0.2) is 0 Å². The van der Waals surface area contributed by atoms with Gasteiger partial charge in [0.25, 0.3) is 0 Å². The number of hydrogen-bond donors (Lipinski definition) is 2. The molecule has 27 heavy (non-hydrogen) atoms. The van der Waals surface area contributed by atoms with Crippen LogP contribution >= 0.6 is 0 Å². The maximum atomic E-state index is 12.8.